The van der Waals surface area contributed by atoms with Crippen LogP contribution in [0.15, 0.2) is 27.7 Å². The molecule has 1 aromatic carbocycles. The lowest BCUT2D eigenvalue weighted by Gasteiger charge is -2.28. The smallest absolute Gasteiger partial charge is 0.346 e. The molecule has 6 heteroatoms. The van der Waals surface area contributed by atoms with Crippen molar-refractivity contribution in [1.82, 2.24) is 4.90 Å². The van der Waals surface area contributed by atoms with Crippen molar-refractivity contribution in [3.05, 3.63) is 28.2 Å². The summed E-state index contributed by atoms with van der Waals surface area (Å²) in [4.78, 5) is 17.4. The van der Waals surface area contributed by atoms with E-state index in [1.807, 2.05) is 32.0 Å². The highest BCUT2D eigenvalue weighted by molar-refractivity contribution is 9.10. The van der Waals surface area contributed by atoms with Gasteiger partial charge in [-0.1, -0.05) is 15.9 Å². The number of amides is 2. The molecule has 1 aromatic rings. The minimum atomic E-state index is -0.350. The summed E-state index contributed by atoms with van der Waals surface area (Å²) in [7, 11) is 1.60. The van der Waals surface area contributed by atoms with Crippen molar-refractivity contribution in [2.45, 2.75) is 25.9 Å². The molecule has 0 saturated heterocycles. The third-order valence-corrected chi connectivity index (χ3v) is 3.78. The number of amidine groups is 1. The van der Waals surface area contributed by atoms with Gasteiger partial charge in [-0.25, -0.2) is 4.79 Å². The number of nitrogens with two attached hydrogens (primary N) is 1. The molecule has 19 heavy (non-hydrogen) atoms. The molecule has 0 saturated carbocycles. The average Bonchev–Trinajstić information content (AvgIpc) is 2.65. The summed E-state index contributed by atoms with van der Waals surface area (Å²) in [6, 6.07) is 4.95. The molecule has 102 valence electrons. The second-order valence-corrected chi connectivity index (χ2v) is 5.46. The van der Waals surface area contributed by atoms with E-state index in [4.69, 9.17) is 10.5 Å². The van der Waals surface area contributed by atoms with Gasteiger partial charge in [-0.15, -0.1) is 0 Å². The van der Waals surface area contributed by atoms with Crippen LogP contribution in [0.5, 0.6) is 5.75 Å². The van der Waals surface area contributed by atoms with Gasteiger partial charge in [0.1, 0.15) is 17.6 Å². The maximum absolute atomic E-state index is 11.9. The van der Waals surface area contributed by atoms with E-state index < -0.39 is 0 Å². The first kappa shape index (κ1) is 13.9. The first-order valence-electron chi connectivity index (χ1n) is 5.95. The van der Waals surface area contributed by atoms with Crippen molar-refractivity contribution < 1.29 is 9.53 Å². The summed E-state index contributed by atoms with van der Waals surface area (Å²) in [5.74, 6) is 1.03. The van der Waals surface area contributed by atoms with Gasteiger partial charge in [-0.05, 0) is 32.0 Å². The lowest BCUT2D eigenvalue weighted by molar-refractivity contribution is 0.190. The number of carbonyl (C=O) groups is 1. The Kier molecular flexibility index (Phi) is 3.80. The fourth-order valence-electron chi connectivity index (χ4n) is 2.17. The van der Waals surface area contributed by atoms with Gasteiger partial charge in [0.2, 0.25) is 0 Å². The zero-order chi connectivity index (χ0) is 14.2. The predicted molar refractivity (Wildman–Crippen MR) is 77.4 cm³/mol. The number of hydrogen-bond donors (Lipinski definition) is 1. The third kappa shape index (κ3) is 2.45. The number of nitrogens with zero attached hydrogens (tertiary/aromatic N) is 2. The van der Waals surface area contributed by atoms with Crippen LogP contribution in [0.2, 0.25) is 0 Å². The fraction of sp³-hybridized carbons (Fsp3) is 0.385. The van der Waals surface area contributed by atoms with E-state index in [-0.39, 0.29) is 18.1 Å². The van der Waals surface area contributed by atoms with E-state index in [2.05, 4.69) is 20.9 Å². The first-order valence-corrected chi connectivity index (χ1v) is 6.74. The monoisotopic (exact) mass is 325 g/mol. The van der Waals surface area contributed by atoms with Gasteiger partial charge in [-0.3, -0.25) is 0 Å². The van der Waals surface area contributed by atoms with Crippen molar-refractivity contribution >= 4 is 27.8 Å². The van der Waals surface area contributed by atoms with Crippen LogP contribution >= 0.6 is 15.9 Å². The van der Waals surface area contributed by atoms with Gasteiger partial charge in [0, 0.05) is 16.1 Å². The number of aliphatic imine (C=N–C) groups is 1. The number of carbonyl (C=O) groups excluding carboxylic acids is 1. The zero-order valence-corrected chi connectivity index (χ0v) is 12.6. The van der Waals surface area contributed by atoms with Crippen LogP contribution in [-0.2, 0) is 0 Å². The molecular formula is C13H16BrN3O2. The number of hydrogen-bond acceptors (Lipinski definition) is 3. The van der Waals surface area contributed by atoms with Crippen LogP contribution < -0.4 is 10.5 Å². The molecule has 1 unspecified atom stereocenters. The van der Waals surface area contributed by atoms with Crippen molar-refractivity contribution in [3.8, 4) is 5.75 Å². The molecule has 0 fully saturated rings. The standard InChI is InChI=1S/C13H16BrN3O2/c1-7(2)17-11(12(15)16-13(17)18)9-6-8(19-3)4-5-10(9)14/h4-7,11H,1-3H3,(H2,15,16,18). The van der Waals surface area contributed by atoms with E-state index in [1.165, 1.54) is 0 Å². The molecule has 1 atom stereocenters. The van der Waals surface area contributed by atoms with Gasteiger partial charge in [0.15, 0.2) is 0 Å². The Morgan fingerprint density at radius 3 is 2.74 bits per heavy atom. The SMILES string of the molecule is COc1ccc(Br)c(C2C(N)=NC(=O)N2C(C)C)c1. The van der Waals surface area contributed by atoms with Crippen LogP contribution in [-0.4, -0.2) is 29.9 Å². The Labute approximate surface area is 120 Å². The number of halogens is 1. The third-order valence-electron chi connectivity index (χ3n) is 3.06. The van der Waals surface area contributed by atoms with Crippen molar-refractivity contribution in [1.29, 1.82) is 0 Å². The minimum Gasteiger partial charge on any atom is -0.497 e. The predicted octanol–water partition coefficient (Wildman–Crippen LogP) is 2.70. The van der Waals surface area contributed by atoms with E-state index in [1.54, 1.807) is 12.0 Å². The molecule has 2 N–H and O–H groups in total. The fourth-order valence-corrected chi connectivity index (χ4v) is 2.63. The second kappa shape index (κ2) is 5.21. The Hall–Kier alpha value is -1.56. The maximum Gasteiger partial charge on any atom is 0.346 e. The van der Waals surface area contributed by atoms with Crippen LogP contribution in [0.1, 0.15) is 25.5 Å². The van der Waals surface area contributed by atoms with E-state index in [0.29, 0.717) is 11.6 Å². The quantitative estimate of drug-likeness (QED) is 0.928. The topological polar surface area (TPSA) is 67.9 Å². The van der Waals surface area contributed by atoms with Gasteiger partial charge in [0.25, 0.3) is 0 Å². The lowest BCUT2D eigenvalue weighted by atomic mass is 10.0. The summed E-state index contributed by atoms with van der Waals surface area (Å²) >= 11 is 3.49. The summed E-state index contributed by atoms with van der Waals surface area (Å²) in [6.07, 6.45) is 0. The van der Waals surface area contributed by atoms with E-state index in [0.717, 1.165) is 10.0 Å². The molecule has 0 aromatic heterocycles. The Morgan fingerprint density at radius 1 is 1.47 bits per heavy atom. The summed E-state index contributed by atoms with van der Waals surface area (Å²) in [6.45, 7) is 3.88. The van der Waals surface area contributed by atoms with Gasteiger partial charge in [0.05, 0.1) is 7.11 Å². The maximum atomic E-state index is 11.9. The number of benzene rings is 1. The van der Waals surface area contributed by atoms with Crippen LogP contribution in [0, 0.1) is 0 Å². The highest BCUT2D eigenvalue weighted by Crippen LogP contribution is 2.35. The van der Waals surface area contributed by atoms with Gasteiger partial charge < -0.3 is 15.4 Å². The van der Waals surface area contributed by atoms with Gasteiger partial charge in [-0.2, -0.15) is 4.99 Å². The van der Waals surface area contributed by atoms with E-state index >= 15 is 0 Å². The Morgan fingerprint density at radius 2 is 2.16 bits per heavy atom. The highest BCUT2D eigenvalue weighted by Gasteiger charge is 2.37. The number of urea groups is 1. The molecule has 0 bridgehead atoms. The number of ether oxygens (including phenoxy) is 1. The highest BCUT2D eigenvalue weighted by atomic mass is 79.9. The normalized spacial score (nSPS) is 19.0. The summed E-state index contributed by atoms with van der Waals surface area (Å²) in [5.41, 5.74) is 6.79. The van der Waals surface area contributed by atoms with Crippen molar-refractivity contribution in [2.24, 2.45) is 10.7 Å². The first-order chi connectivity index (χ1) is 8.95. The van der Waals surface area contributed by atoms with Crippen LogP contribution in [0.4, 0.5) is 4.79 Å². The van der Waals surface area contributed by atoms with Crippen LogP contribution in [0.25, 0.3) is 0 Å². The molecule has 0 aliphatic carbocycles. The number of methoxy groups -OCH3 is 1. The summed E-state index contributed by atoms with van der Waals surface area (Å²) < 4.78 is 6.09. The molecule has 2 amide bonds. The zero-order valence-electron chi connectivity index (χ0n) is 11.1. The Balaban J connectivity index is 2.50. The molecular weight excluding hydrogens is 310 g/mol. The molecule has 1 heterocycles. The van der Waals surface area contributed by atoms with Gasteiger partial charge >= 0.3 is 6.03 Å². The molecule has 5 nitrogen and oxygen atoms in total. The van der Waals surface area contributed by atoms with Crippen LogP contribution in [0.3, 0.4) is 0 Å². The van der Waals surface area contributed by atoms with Crippen molar-refractivity contribution in [3.63, 3.8) is 0 Å². The lowest BCUT2D eigenvalue weighted by Crippen LogP contribution is -2.38. The molecule has 1 aliphatic rings. The summed E-state index contributed by atoms with van der Waals surface area (Å²) in [5, 5.41) is 0. The number of rotatable bonds is 3. The average molecular weight is 326 g/mol. The van der Waals surface area contributed by atoms with Crippen molar-refractivity contribution in [2.75, 3.05) is 7.11 Å². The minimum absolute atomic E-state index is 0.0143. The molecule has 0 radical (unpaired) electrons. The second-order valence-electron chi connectivity index (χ2n) is 4.61. The molecule has 0 spiro atoms. The molecule has 2 rings (SSSR count). The van der Waals surface area contributed by atoms with E-state index in [9.17, 15) is 4.79 Å². The largest absolute Gasteiger partial charge is 0.497 e. The Bertz CT molecular complexity index is 543. The molecule has 1 aliphatic heterocycles.